The van der Waals surface area contributed by atoms with Crippen LogP contribution >= 0.6 is 0 Å². The summed E-state index contributed by atoms with van der Waals surface area (Å²) in [5, 5.41) is 19.5. The maximum Gasteiger partial charge on any atom is 0.227 e. The number of amides is 2. The van der Waals surface area contributed by atoms with Crippen molar-refractivity contribution >= 4 is 11.8 Å². The summed E-state index contributed by atoms with van der Waals surface area (Å²) in [6.45, 7) is 5.80. The van der Waals surface area contributed by atoms with Crippen molar-refractivity contribution in [3.8, 4) is 35.1 Å². The Morgan fingerprint density at radius 1 is 0.560 bits per heavy atom. The topological polar surface area (TPSA) is 107 Å². The number of nitriles is 2. The Kier molecular flexibility index (Phi) is 12.6. The highest BCUT2D eigenvalue weighted by molar-refractivity contribution is 5.90. The third kappa shape index (κ3) is 8.89. The molecule has 8 nitrogen and oxygen atoms in total. The van der Waals surface area contributed by atoms with Crippen molar-refractivity contribution in [2.75, 3.05) is 13.1 Å². The molecule has 1 aliphatic carbocycles. The fourth-order valence-electron chi connectivity index (χ4n) is 6.87. The monoisotopic (exact) mass is 668 g/mol. The molecule has 1 aliphatic rings. The first-order valence-electron chi connectivity index (χ1n) is 17.4. The highest BCUT2D eigenvalue weighted by Gasteiger charge is 2.58. The van der Waals surface area contributed by atoms with Crippen molar-refractivity contribution < 1.29 is 19.1 Å². The molecule has 0 heterocycles. The Balaban J connectivity index is 1.33. The molecule has 4 aromatic rings. The summed E-state index contributed by atoms with van der Waals surface area (Å²) in [4.78, 5) is 32.5. The third-order valence-corrected chi connectivity index (χ3v) is 9.25. The van der Waals surface area contributed by atoms with Crippen LogP contribution in [0, 0.1) is 46.3 Å². The first-order chi connectivity index (χ1) is 24.4. The molecular weight excluding hydrogens is 624 g/mol. The van der Waals surface area contributed by atoms with Crippen LogP contribution in [0.5, 0.6) is 23.0 Å². The van der Waals surface area contributed by atoms with E-state index in [1.54, 1.807) is 9.80 Å². The minimum Gasteiger partial charge on any atom is -0.457 e. The number of rotatable bonds is 16. The van der Waals surface area contributed by atoms with E-state index in [-0.39, 0.29) is 36.5 Å². The molecule has 8 heteroatoms. The van der Waals surface area contributed by atoms with Crippen molar-refractivity contribution in [1.29, 1.82) is 10.5 Å². The predicted octanol–water partition coefficient (Wildman–Crippen LogP) is 8.75. The molecule has 4 unspecified atom stereocenters. The molecule has 0 aliphatic heterocycles. The molecular formula is C42H44N4O4. The zero-order chi connectivity index (χ0) is 35.3. The first-order valence-corrected chi connectivity index (χ1v) is 17.4. The Hall–Kier alpha value is -5.60. The molecule has 5 rings (SSSR count). The lowest BCUT2D eigenvalue weighted by atomic mass is 9.53. The van der Waals surface area contributed by atoms with E-state index in [1.165, 1.54) is 0 Å². The van der Waals surface area contributed by atoms with Crippen molar-refractivity contribution in [1.82, 2.24) is 9.80 Å². The van der Waals surface area contributed by atoms with Crippen LogP contribution in [0.2, 0.25) is 0 Å². The van der Waals surface area contributed by atoms with E-state index in [0.717, 1.165) is 35.5 Å². The molecule has 0 bridgehead atoms. The summed E-state index contributed by atoms with van der Waals surface area (Å²) in [6.07, 6.45) is 1.72. The molecule has 0 spiro atoms. The predicted molar refractivity (Wildman–Crippen MR) is 192 cm³/mol. The van der Waals surface area contributed by atoms with Gasteiger partial charge in [-0.2, -0.15) is 10.5 Å². The van der Waals surface area contributed by atoms with E-state index in [1.807, 2.05) is 123 Å². The number of ether oxygens (including phenoxy) is 2. The molecule has 1 fully saturated rings. The van der Waals surface area contributed by atoms with E-state index < -0.39 is 11.8 Å². The molecule has 50 heavy (non-hydrogen) atoms. The Bertz CT molecular complexity index is 1630. The first kappa shape index (κ1) is 35.7. The largest absolute Gasteiger partial charge is 0.457 e. The second-order valence-corrected chi connectivity index (χ2v) is 12.7. The maximum absolute atomic E-state index is 14.4. The van der Waals surface area contributed by atoms with Crippen LogP contribution in [0.4, 0.5) is 0 Å². The number of hydrogen-bond donors (Lipinski definition) is 0. The van der Waals surface area contributed by atoms with E-state index >= 15 is 0 Å². The quantitative estimate of drug-likeness (QED) is 0.118. The number of carbonyl (C=O) groups excluding carboxylic acids is 2. The summed E-state index contributed by atoms with van der Waals surface area (Å²) in [5.41, 5.74) is 1.87. The molecule has 0 saturated heterocycles. The van der Waals surface area contributed by atoms with Crippen LogP contribution in [-0.4, -0.2) is 34.7 Å². The molecule has 4 atom stereocenters. The highest BCUT2D eigenvalue weighted by Crippen LogP contribution is 2.51. The van der Waals surface area contributed by atoms with Gasteiger partial charge in [-0.15, -0.1) is 0 Å². The van der Waals surface area contributed by atoms with Gasteiger partial charge in [-0.05, 0) is 84.3 Å². The summed E-state index contributed by atoms with van der Waals surface area (Å²) in [5.74, 6) is 0.533. The van der Waals surface area contributed by atoms with Gasteiger partial charge in [0.1, 0.15) is 23.0 Å². The van der Waals surface area contributed by atoms with Gasteiger partial charge in [0.05, 0.1) is 24.0 Å². The lowest BCUT2D eigenvalue weighted by molar-refractivity contribution is -0.167. The van der Waals surface area contributed by atoms with Gasteiger partial charge >= 0.3 is 0 Å². The van der Waals surface area contributed by atoms with Crippen molar-refractivity contribution in [2.45, 2.75) is 52.6 Å². The number of carbonyl (C=O) groups is 2. The van der Waals surface area contributed by atoms with Crippen molar-refractivity contribution in [3.05, 3.63) is 120 Å². The lowest BCUT2D eigenvalue weighted by Gasteiger charge is -2.51. The van der Waals surface area contributed by atoms with Crippen LogP contribution in [0.1, 0.15) is 50.7 Å². The zero-order valence-electron chi connectivity index (χ0n) is 28.8. The number of benzene rings is 4. The van der Waals surface area contributed by atoms with Crippen LogP contribution in [0.3, 0.4) is 0 Å². The molecule has 2 amide bonds. The van der Waals surface area contributed by atoms with Crippen LogP contribution in [0.15, 0.2) is 109 Å². The minimum absolute atomic E-state index is 0.120. The lowest BCUT2D eigenvalue weighted by Crippen LogP contribution is -2.60. The summed E-state index contributed by atoms with van der Waals surface area (Å²) < 4.78 is 11.9. The summed E-state index contributed by atoms with van der Waals surface area (Å²) in [7, 11) is 0. The smallest absolute Gasteiger partial charge is 0.227 e. The van der Waals surface area contributed by atoms with E-state index in [0.29, 0.717) is 37.7 Å². The van der Waals surface area contributed by atoms with Gasteiger partial charge in [-0.25, -0.2) is 0 Å². The minimum atomic E-state index is -0.672. The Labute approximate surface area is 295 Å². The van der Waals surface area contributed by atoms with Gasteiger partial charge in [0, 0.05) is 39.0 Å². The molecule has 0 aromatic heterocycles. The number of hydrogen-bond acceptors (Lipinski definition) is 6. The SMILES string of the molecule is CCCN(Cc1ccc(Oc2ccccc2)cc1)C(=O)C1C(CC#N)C(CC#N)C1C(=O)N(CCC)Cc1ccc(Oc2ccccc2)cc1. The molecule has 4 aromatic carbocycles. The van der Waals surface area contributed by atoms with Crippen molar-refractivity contribution in [3.63, 3.8) is 0 Å². The summed E-state index contributed by atoms with van der Waals surface area (Å²) in [6, 6.07) is 38.9. The van der Waals surface area contributed by atoms with E-state index in [9.17, 15) is 20.1 Å². The fourth-order valence-corrected chi connectivity index (χ4v) is 6.87. The zero-order valence-corrected chi connectivity index (χ0v) is 28.8. The number of para-hydroxylation sites is 2. The van der Waals surface area contributed by atoms with Crippen molar-refractivity contribution in [2.24, 2.45) is 23.7 Å². The molecule has 256 valence electrons. The van der Waals surface area contributed by atoms with Crippen LogP contribution < -0.4 is 9.47 Å². The average molecular weight is 669 g/mol. The standard InChI is InChI=1S/C42H44N4O4/c1-3-27-45(29-31-15-19-35(20-16-31)49-33-11-7-5-8-12-33)41(47)39-37(23-25-43)38(24-26-44)40(39)42(48)46(28-4-2)30-32-17-21-36(22-18-32)50-34-13-9-6-10-14-34/h5-22,37-40H,3-4,23-24,27-30H2,1-2H3. The highest BCUT2D eigenvalue weighted by atomic mass is 16.5. The van der Waals surface area contributed by atoms with Gasteiger partial charge in [0.2, 0.25) is 11.8 Å². The van der Waals surface area contributed by atoms with Gasteiger partial charge in [0.25, 0.3) is 0 Å². The number of nitrogens with zero attached hydrogens (tertiary/aromatic N) is 4. The van der Waals surface area contributed by atoms with Crippen LogP contribution in [-0.2, 0) is 22.7 Å². The summed E-state index contributed by atoms with van der Waals surface area (Å²) >= 11 is 0. The Morgan fingerprint density at radius 2 is 0.900 bits per heavy atom. The molecule has 1 saturated carbocycles. The van der Waals surface area contributed by atoms with Gasteiger partial charge < -0.3 is 19.3 Å². The van der Waals surface area contributed by atoms with Gasteiger partial charge in [-0.1, -0.05) is 74.5 Å². The normalized spacial score (nSPS) is 17.8. The van der Waals surface area contributed by atoms with E-state index in [4.69, 9.17) is 9.47 Å². The van der Waals surface area contributed by atoms with Crippen LogP contribution in [0.25, 0.3) is 0 Å². The molecule has 0 radical (unpaired) electrons. The van der Waals surface area contributed by atoms with Gasteiger partial charge in [-0.3, -0.25) is 9.59 Å². The van der Waals surface area contributed by atoms with Gasteiger partial charge in [0.15, 0.2) is 0 Å². The average Bonchev–Trinajstić information content (AvgIpc) is 3.13. The van der Waals surface area contributed by atoms with E-state index in [2.05, 4.69) is 12.1 Å². The Morgan fingerprint density at radius 3 is 1.22 bits per heavy atom. The second-order valence-electron chi connectivity index (χ2n) is 12.7. The molecule has 0 N–H and O–H groups in total. The maximum atomic E-state index is 14.4. The third-order valence-electron chi connectivity index (χ3n) is 9.25. The fraction of sp³-hybridized carbons (Fsp3) is 0.333. The second kappa shape index (κ2) is 17.7.